The Kier molecular flexibility index (Phi) is 6.17. The van der Waals surface area contributed by atoms with Gasteiger partial charge in [-0.3, -0.25) is 0 Å². The SMILES string of the molecule is CCC(CC)(CBr)COc1ccccc1OC(F)(F)F. The smallest absolute Gasteiger partial charge is 0.489 e. The van der Waals surface area contributed by atoms with Gasteiger partial charge in [0.15, 0.2) is 11.5 Å². The predicted molar refractivity (Wildman–Crippen MR) is 75.4 cm³/mol. The van der Waals surface area contributed by atoms with Gasteiger partial charge in [0.25, 0.3) is 0 Å². The van der Waals surface area contributed by atoms with E-state index in [1.54, 1.807) is 6.07 Å². The zero-order valence-electron chi connectivity index (χ0n) is 11.5. The van der Waals surface area contributed by atoms with E-state index in [1.807, 2.05) is 13.8 Å². The van der Waals surface area contributed by atoms with Gasteiger partial charge in [-0.2, -0.15) is 0 Å². The van der Waals surface area contributed by atoms with Gasteiger partial charge in [-0.15, -0.1) is 13.2 Å². The maximum atomic E-state index is 12.3. The molecule has 0 bridgehead atoms. The van der Waals surface area contributed by atoms with Gasteiger partial charge in [-0.1, -0.05) is 41.9 Å². The lowest BCUT2D eigenvalue weighted by Gasteiger charge is -2.29. The molecule has 0 atom stereocenters. The lowest BCUT2D eigenvalue weighted by atomic mass is 9.86. The van der Waals surface area contributed by atoms with E-state index in [1.165, 1.54) is 18.2 Å². The minimum Gasteiger partial charge on any atom is -0.489 e. The zero-order chi connectivity index (χ0) is 15.2. The summed E-state index contributed by atoms with van der Waals surface area (Å²) in [6.07, 6.45) is -2.98. The molecule has 0 unspecified atom stereocenters. The number of hydrogen-bond acceptors (Lipinski definition) is 2. The number of benzene rings is 1. The Balaban J connectivity index is 2.82. The Morgan fingerprint density at radius 1 is 1.05 bits per heavy atom. The molecule has 0 N–H and O–H groups in total. The van der Waals surface area contributed by atoms with Crippen LogP contribution in [0.15, 0.2) is 24.3 Å². The molecule has 0 fully saturated rings. The van der Waals surface area contributed by atoms with Crippen LogP contribution in [0.5, 0.6) is 11.5 Å². The van der Waals surface area contributed by atoms with E-state index in [0.29, 0.717) is 6.61 Å². The average Bonchev–Trinajstić information content (AvgIpc) is 2.41. The lowest BCUT2D eigenvalue weighted by molar-refractivity contribution is -0.275. The summed E-state index contributed by atoms with van der Waals surface area (Å²) in [5.41, 5.74) is -0.0919. The zero-order valence-corrected chi connectivity index (χ0v) is 13.1. The van der Waals surface area contributed by atoms with Crippen LogP contribution in [0.25, 0.3) is 0 Å². The van der Waals surface area contributed by atoms with Crippen molar-refractivity contribution in [3.63, 3.8) is 0 Å². The molecule has 1 rings (SSSR count). The summed E-state index contributed by atoms with van der Waals surface area (Å²) in [4.78, 5) is 0. The second-order valence-electron chi connectivity index (χ2n) is 4.62. The summed E-state index contributed by atoms with van der Waals surface area (Å²) >= 11 is 3.44. The fourth-order valence-corrected chi connectivity index (χ4v) is 2.65. The normalized spacial score (nSPS) is 12.3. The molecule has 0 aliphatic rings. The van der Waals surface area contributed by atoms with Crippen molar-refractivity contribution in [2.45, 2.75) is 33.1 Å². The Labute approximate surface area is 125 Å². The summed E-state index contributed by atoms with van der Waals surface area (Å²) in [5, 5.41) is 0.731. The van der Waals surface area contributed by atoms with Gasteiger partial charge >= 0.3 is 6.36 Å². The fourth-order valence-electron chi connectivity index (χ4n) is 1.69. The van der Waals surface area contributed by atoms with Crippen LogP contribution in [-0.4, -0.2) is 18.3 Å². The summed E-state index contributed by atoms with van der Waals surface area (Å²) < 4.78 is 46.5. The first-order valence-corrected chi connectivity index (χ1v) is 7.51. The monoisotopic (exact) mass is 354 g/mol. The van der Waals surface area contributed by atoms with Crippen molar-refractivity contribution >= 4 is 15.9 Å². The molecule has 1 aromatic rings. The molecular weight excluding hydrogens is 337 g/mol. The molecule has 0 spiro atoms. The number of hydrogen-bond donors (Lipinski definition) is 0. The molecule has 114 valence electrons. The third kappa shape index (κ3) is 4.89. The van der Waals surface area contributed by atoms with E-state index >= 15 is 0 Å². The van der Waals surface area contributed by atoms with Crippen molar-refractivity contribution < 1.29 is 22.6 Å². The number of ether oxygens (including phenoxy) is 2. The molecule has 2 nitrogen and oxygen atoms in total. The van der Waals surface area contributed by atoms with Gasteiger partial charge in [0.1, 0.15) is 0 Å². The highest BCUT2D eigenvalue weighted by Gasteiger charge is 2.33. The number of alkyl halides is 4. The van der Waals surface area contributed by atoms with Crippen LogP contribution in [0.3, 0.4) is 0 Å². The topological polar surface area (TPSA) is 18.5 Å². The van der Waals surface area contributed by atoms with Crippen molar-refractivity contribution in [2.24, 2.45) is 5.41 Å². The van der Waals surface area contributed by atoms with Crippen molar-refractivity contribution in [1.82, 2.24) is 0 Å². The van der Waals surface area contributed by atoms with Crippen molar-refractivity contribution in [3.05, 3.63) is 24.3 Å². The van der Waals surface area contributed by atoms with Gasteiger partial charge in [0.2, 0.25) is 0 Å². The molecule has 0 heterocycles. The van der Waals surface area contributed by atoms with Crippen LogP contribution < -0.4 is 9.47 Å². The second-order valence-corrected chi connectivity index (χ2v) is 5.18. The van der Waals surface area contributed by atoms with Gasteiger partial charge < -0.3 is 9.47 Å². The van der Waals surface area contributed by atoms with E-state index in [-0.39, 0.29) is 16.9 Å². The Morgan fingerprint density at radius 2 is 1.60 bits per heavy atom. The first-order chi connectivity index (χ1) is 9.36. The van der Waals surface area contributed by atoms with Crippen molar-refractivity contribution in [2.75, 3.05) is 11.9 Å². The number of rotatable bonds is 7. The van der Waals surface area contributed by atoms with Gasteiger partial charge in [0, 0.05) is 10.7 Å². The van der Waals surface area contributed by atoms with Crippen molar-refractivity contribution in [1.29, 1.82) is 0 Å². The standard InChI is InChI=1S/C14H18BrF3O2/c1-3-13(4-2,9-15)10-19-11-7-5-6-8-12(11)20-14(16,17)18/h5-8H,3-4,9-10H2,1-2H3. The van der Waals surface area contributed by atoms with Crippen LogP contribution in [0.2, 0.25) is 0 Å². The molecule has 0 aliphatic heterocycles. The van der Waals surface area contributed by atoms with Crippen LogP contribution in [0.4, 0.5) is 13.2 Å². The highest BCUT2D eigenvalue weighted by molar-refractivity contribution is 9.09. The maximum Gasteiger partial charge on any atom is 0.573 e. The quantitative estimate of drug-likeness (QED) is 0.629. The molecule has 0 aromatic heterocycles. The van der Waals surface area contributed by atoms with E-state index in [0.717, 1.165) is 18.2 Å². The van der Waals surface area contributed by atoms with E-state index < -0.39 is 6.36 Å². The molecule has 0 saturated heterocycles. The molecule has 0 aliphatic carbocycles. The van der Waals surface area contributed by atoms with Crippen LogP contribution in [0.1, 0.15) is 26.7 Å². The Bertz CT molecular complexity index is 409. The first kappa shape index (κ1) is 17.1. The maximum absolute atomic E-state index is 12.3. The largest absolute Gasteiger partial charge is 0.573 e. The molecule has 20 heavy (non-hydrogen) atoms. The van der Waals surface area contributed by atoms with Crippen LogP contribution in [0, 0.1) is 5.41 Å². The molecular formula is C14H18BrF3O2. The van der Waals surface area contributed by atoms with E-state index in [2.05, 4.69) is 20.7 Å². The van der Waals surface area contributed by atoms with Gasteiger partial charge in [-0.25, -0.2) is 0 Å². The van der Waals surface area contributed by atoms with Crippen molar-refractivity contribution in [3.8, 4) is 11.5 Å². The summed E-state index contributed by atoms with van der Waals surface area (Å²) in [5.74, 6) is -0.201. The minimum absolute atomic E-state index is 0.0919. The third-order valence-electron chi connectivity index (χ3n) is 3.39. The minimum atomic E-state index is -4.72. The fraction of sp³-hybridized carbons (Fsp3) is 0.571. The van der Waals surface area contributed by atoms with E-state index in [4.69, 9.17) is 4.74 Å². The second kappa shape index (κ2) is 7.20. The molecule has 1 aromatic carbocycles. The molecule has 0 radical (unpaired) electrons. The highest BCUT2D eigenvalue weighted by Crippen LogP contribution is 2.35. The molecule has 6 heteroatoms. The summed E-state index contributed by atoms with van der Waals surface area (Å²) in [7, 11) is 0. The Morgan fingerprint density at radius 3 is 2.05 bits per heavy atom. The van der Waals surface area contributed by atoms with Gasteiger partial charge in [-0.05, 0) is 25.0 Å². The summed E-state index contributed by atoms with van der Waals surface area (Å²) in [6, 6.07) is 5.82. The first-order valence-electron chi connectivity index (χ1n) is 6.39. The Hall–Kier alpha value is -0.910. The molecule has 0 amide bonds. The van der Waals surface area contributed by atoms with Crippen LogP contribution in [-0.2, 0) is 0 Å². The third-order valence-corrected chi connectivity index (χ3v) is 4.58. The number of para-hydroxylation sites is 2. The average molecular weight is 355 g/mol. The molecule has 0 saturated carbocycles. The predicted octanol–water partition coefficient (Wildman–Crippen LogP) is 5.17. The van der Waals surface area contributed by atoms with Gasteiger partial charge in [0.05, 0.1) is 6.61 Å². The summed E-state index contributed by atoms with van der Waals surface area (Å²) in [6.45, 7) is 4.40. The van der Waals surface area contributed by atoms with E-state index in [9.17, 15) is 13.2 Å². The lowest BCUT2D eigenvalue weighted by Crippen LogP contribution is -2.29. The highest BCUT2D eigenvalue weighted by atomic mass is 79.9. The van der Waals surface area contributed by atoms with Crippen LogP contribution >= 0.6 is 15.9 Å². The number of halogens is 4.